The van der Waals surface area contributed by atoms with E-state index < -0.39 is 157 Å². The third-order valence-corrected chi connectivity index (χ3v) is 19.8. The number of carbonyl (C=O) groups is 13. The first-order valence-electron chi connectivity index (χ1n) is 33.5. The van der Waals surface area contributed by atoms with Gasteiger partial charge in [0.2, 0.25) is 47.3 Å². The number of hydrogen-bond acceptors (Lipinski definition) is 22. The molecule has 0 aliphatic carbocycles. The molecule has 4 aliphatic heterocycles. The Morgan fingerprint density at radius 1 is 0.561 bits per heavy atom. The molecule has 1 unspecified atom stereocenters. The van der Waals surface area contributed by atoms with Crippen molar-refractivity contribution in [1.82, 2.24) is 66.6 Å². The molecule has 1 aromatic carbocycles. The first-order valence-corrected chi connectivity index (χ1v) is 36.0. The van der Waals surface area contributed by atoms with Gasteiger partial charge in [-0.25, -0.2) is 0 Å². The van der Waals surface area contributed by atoms with Crippen LogP contribution in [0.15, 0.2) is 30.3 Å². The van der Waals surface area contributed by atoms with Crippen LogP contribution in [0.5, 0.6) is 0 Å². The zero-order valence-corrected chi connectivity index (χ0v) is 57.4. The number of amides is 8. The quantitative estimate of drug-likeness (QED) is 0.0222. The van der Waals surface area contributed by atoms with E-state index in [0.29, 0.717) is 31.2 Å². The number of fused-ring (bicyclic) bond motifs is 2. The fourth-order valence-electron chi connectivity index (χ4n) is 12.1. The highest BCUT2D eigenvalue weighted by molar-refractivity contribution is 8.76. The second-order valence-corrected chi connectivity index (χ2v) is 27.7. The Balaban J connectivity index is 1.40. The molecule has 5 rings (SSSR count). The van der Waals surface area contributed by atoms with Crippen LogP contribution in [0.2, 0.25) is 0 Å². The van der Waals surface area contributed by atoms with Crippen LogP contribution in [0.25, 0.3) is 0 Å². The van der Waals surface area contributed by atoms with E-state index >= 15 is 0 Å². The number of unbranched alkanes of at least 4 members (excludes halogenated alkanes) is 3. The van der Waals surface area contributed by atoms with Gasteiger partial charge >= 0.3 is 29.8 Å². The van der Waals surface area contributed by atoms with Crippen molar-refractivity contribution in [3.63, 3.8) is 0 Å². The fourth-order valence-corrected chi connectivity index (χ4v) is 14.5. The minimum Gasteiger partial charge on any atom is -0.481 e. The van der Waals surface area contributed by atoms with Gasteiger partial charge in [0.1, 0.15) is 42.5 Å². The Kier molecular flexibility index (Phi) is 35.4. The van der Waals surface area contributed by atoms with Gasteiger partial charge in [0, 0.05) is 109 Å². The van der Waals surface area contributed by atoms with Gasteiger partial charge in [0.15, 0.2) is 0 Å². The lowest BCUT2D eigenvalue weighted by molar-refractivity contribution is -0.148. The van der Waals surface area contributed by atoms with Gasteiger partial charge in [-0.2, -0.15) is 0 Å². The summed E-state index contributed by atoms with van der Waals surface area (Å²) in [6, 6.07) is -2.27. The molecule has 0 aromatic heterocycles. The first kappa shape index (κ1) is 81.4. The van der Waals surface area contributed by atoms with Crippen LogP contribution in [0, 0.1) is 0 Å². The molecule has 8 amide bonds. The molecule has 0 saturated carbocycles. The molecular weight excluding hydrogens is 1320 g/mol. The van der Waals surface area contributed by atoms with Crippen LogP contribution in [0.3, 0.4) is 0 Å². The minimum atomic E-state index is -1.75. The summed E-state index contributed by atoms with van der Waals surface area (Å²) in [5.41, 5.74) is 0.523. The number of nitrogens with zero attached hydrogens (tertiary/aromatic N) is 6. The van der Waals surface area contributed by atoms with Gasteiger partial charge in [-0.1, -0.05) is 78.1 Å². The van der Waals surface area contributed by atoms with Crippen molar-refractivity contribution < 1.29 is 98.1 Å². The van der Waals surface area contributed by atoms with Gasteiger partial charge in [0.05, 0.1) is 44.7 Å². The van der Waals surface area contributed by atoms with Crippen molar-refractivity contribution in [3.8, 4) is 0 Å². The van der Waals surface area contributed by atoms with Crippen LogP contribution in [0.1, 0.15) is 109 Å². The third-order valence-electron chi connectivity index (χ3n) is 17.3. The number of aliphatic hydroxyl groups is 2. The molecule has 4 heterocycles. The number of nitrogens with one attached hydrogen (secondary N) is 7. The number of aliphatic hydroxyl groups excluding tert-OH is 2. The molecule has 33 nitrogen and oxygen atoms in total. The largest absolute Gasteiger partial charge is 0.481 e. The molecule has 4 saturated heterocycles. The highest BCUT2D eigenvalue weighted by atomic mass is 33.1. The standard InChI is InChI=1S/C63H99N13O20S2/c1-3-4-6-18-49(78)66-46-39-98-97-38-45(59(92)65-42(33-52(82)83)15-9-10-21-64-50(79)34-71-24-26-72(35-53(84)85)28-30-74(37-55(88)89)31-29-73(27-25-71)36-54(86)87)69-58(91)44(32-41-13-7-5-8-14-41)68-57(90)43(19-20-51(80)81)67-61(94)56(40(2)77)70-60(93)47-16-11-22-75(47)63(96)48-17-12-23-76(48)62(46)95/h5,7-8,13-14,40,42-48,56,59,65,77,92H,3-4,6,9-12,15-39H2,1-2H3,(H,64,79)(H,66,78)(H,67,94)(H,68,90)(H,69,91)(H,70,93)(H,80,81)(H,82,83)(H,84,85)(H,86,87)(H,88,89)/t40-,42+,43+,44+,45+,46+,47+,48+,56+,59?/m1/s1. The summed E-state index contributed by atoms with van der Waals surface area (Å²) in [4.78, 5) is 183. The van der Waals surface area contributed by atoms with E-state index in [1.807, 2.05) is 6.92 Å². The number of benzene rings is 1. The van der Waals surface area contributed by atoms with Crippen molar-refractivity contribution in [2.45, 2.75) is 171 Å². The molecule has 548 valence electrons. The summed E-state index contributed by atoms with van der Waals surface area (Å²) in [5, 5.41) is 90.8. The summed E-state index contributed by atoms with van der Waals surface area (Å²) < 4.78 is 0. The molecule has 10 atom stereocenters. The predicted octanol–water partition coefficient (Wildman–Crippen LogP) is -2.63. The van der Waals surface area contributed by atoms with Crippen LogP contribution in [0.4, 0.5) is 0 Å². The number of carboxylic acid groups (broad SMARTS) is 5. The molecular formula is C63H99N13O20S2. The molecule has 35 heteroatoms. The van der Waals surface area contributed by atoms with Crippen molar-refractivity contribution in [1.29, 1.82) is 0 Å². The Morgan fingerprint density at radius 3 is 1.65 bits per heavy atom. The lowest BCUT2D eigenvalue weighted by Gasteiger charge is -2.33. The van der Waals surface area contributed by atoms with E-state index in [9.17, 15) is 98.1 Å². The third kappa shape index (κ3) is 28.9. The monoisotopic (exact) mass is 1420 g/mol. The number of aliphatic carboxylic acids is 5. The predicted molar refractivity (Wildman–Crippen MR) is 358 cm³/mol. The van der Waals surface area contributed by atoms with Crippen molar-refractivity contribution in [3.05, 3.63) is 35.9 Å². The van der Waals surface area contributed by atoms with Crippen LogP contribution >= 0.6 is 21.6 Å². The first-order chi connectivity index (χ1) is 46.7. The number of hydrogen-bond donors (Lipinski definition) is 14. The second kappa shape index (κ2) is 42.6. The Morgan fingerprint density at radius 2 is 1.10 bits per heavy atom. The minimum absolute atomic E-state index is 0.0882. The van der Waals surface area contributed by atoms with Gasteiger partial charge in [-0.3, -0.25) is 87.2 Å². The van der Waals surface area contributed by atoms with E-state index in [1.165, 1.54) is 16.7 Å². The summed E-state index contributed by atoms with van der Waals surface area (Å²) in [6.07, 6.45) is -1.25. The molecule has 1 aromatic rings. The summed E-state index contributed by atoms with van der Waals surface area (Å²) in [5.74, 6) is -12.0. The maximum atomic E-state index is 14.9. The fraction of sp³-hybridized carbons (Fsp3) is 0.698. The molecule has 4 aliphatic rings. The van der Waals surface area contributed by atoms with Gasteiger partial charge in [-0.05, 0) is 63.9 Å². The molecule has 98 heavy (non-hydrogen) atoms. The van der Waals surface area contributed by atoms with Gasteiger partial charge in [-0.15, -0.1) is 0 Å². The zero-order valence-electron chi connectivity index (χ0n) is 55.7. The van der Waals surface area contributed by atoms with E-state index in [1.54, 1.807) is 49.9 Å². The van der Waals surface area contributed by atoms with E-state index in [-0.39, 0.29) is 148 Å². The summed E-state index contributed by atoms with van der Waals surface area (Å²) >= 11 is 0. The number of carbonyl (C=O) groups excluding carboxylic acids is 8. The lowest BCUT2D eigenvalue weighted by atomic mass is 10.0. The maximum Gasteiger partial charge on any atom is 0.317 e. The summed E-state index contributed by atoms with van der Waals surface area (Å²) in [6.45, 7) is 3.88. The normalized spacial score (nSPS) is 24.2. The second-order valence-electron chi connectivity index (χ2n) is 25.1. The molecule has 0 radical (unpaired) electrons. The van der Waals surface area contributed by atoms with Crippen LogP contribution in [-0.2, 0) is 68.7 Å². The average molecular weight is 1420 g/mol. The number of rotatable bonds is 29. The molecule has 14 N–H and O–H groups in total. The van der Waals surface area contributed by atoms with Crippen molar-refractivity contribution in [2.75, 3.05) is 110 Å². The van der Waals surface area contributed by atoms with Gasteiger partial charge < -0.3 is 77.4 Å². The Labute approximate surface area is 577 Å². The highest BCUT2D eigenvalue weighted by Gasteiger charge is 2.45. The highest BCUT2D eigenvalue weighted by Crippen LogP contribution is 2.29. The number of carboxylic acids is 5. The lowest BCUT2D eigenvalue weighted by Crippen LogP contribution is -2.62. The zero-order chi connectivity index (χ0) is 71.8. The van der Waals surface area contributed by atoms with E-state index in [2.05, 4.69) is 37.2 Å². The maximum absolute atomic E-state index is 14.9. The smallest absolute Gasteiger partial charge is 0.317 e. The van der Waals surface area contributed by atoms with E-state index in [0.717, 1.165) is 34.4 Å². The Bertz CT molecular complexity index is 2820. The summed E-state index contributed by atoms with van der Waals surface area (Å²) in [7, 11) is 2.16. The van der Waals surface area contributed by atoms with Gasteiger partial charge in [0.25, 0.3) is 0 Å². The molecule has 4 fully saturated rings. The van der Waals surface area contributed by atoms with Crippen LogP contribution < -0.4 is 37.2 Å². The van der Waals surface area contributed by atoms with E-state index in [4.69, 9.17) is 0 Å². The Hall–Kier alpha value is -7.25. The topological polar surface area (TPSA) is 467 Å². The van der Waals surface area contributed by atoms with Crippen molar-refractivity contribution in [2.24, 2.45) is 0 Å². The molecule has 0 spiro atoms. The van der Waals surface area contributed by atoms with Crippen LogP contribution in [-0.4, -0.2) is 313 Å². The average Bonchev–Trinajstić information content (AvgIpc) is 1.65. The molecule has 0 bridgehead atoms. The SMILES string of the molecule is CCCCCC(=O)N[C@H]1CSSC[C@@H](C(O)N[C@@H](CCCCNC(=O)CN2CCN(CC(=O)O)CCN(CC(=O)O)CCN(CC(=O)O)CC2)CC(=O)O)NC(=O)[C@H](Cc2ccccc2)NC(=O)[C@H](CCC(=O)O)NC(=O)[C@H]([C@@H](C)O)NC(=O)[C@@H]2CCCN2C(=O)[C@@H]2CCCN2C1=O. The van der Waals surface area contributed by atoms with Crippen molar-refractivity contribution >= 4 is 98.7 Å².